The van der Waals surface area contributed by atoms with Crippen molar-refractivity contribution in [2.45, 2.75) is 19.4 Å². The van der Waals surface area contributed by atoms with Crippen molar-refractivity contribution in [1.29, 1.82) is 0 Å². The van der Waals surface area contributed by atoms with Gasteiger partial charge >= 0.3 is 6.03 Å². The van der Waals surface area contributed by atoms with Crippen molar-refractivity contribution in [2.24, 2.45) is 0 Å². The molecule has 3 N–H and O–H groups in total. The third kappa shape index (κ3) is 4.57. The SMILES string of the molecule is COC[C@](O)(CNC(=O)Nc1ccc(C)c(C)c1)c1ccccc1. The van der Waals surface area contributed by atoms with Gasteiger partial charge in [-0.15, -0.1) is 0 Å². The molecular weight excluding hydrogens is 304 g/mol. The summed E-state index contributed by atoms with van der Waals surface area (Å²) in [6, 6.07) is 14.5. The zero-order valence-electron chi connectivity index (χ0n) is 14.3. The lowest BCUT2D eigenvalue weighted by Crippen LogP contribution is -2.45. The van der Waals surface area contributed by atoms with Gasteiger partial charge in [0.1, 0.15) is 5.60 Å². The highest BCUT2D eigenvalue weighted by Gasteiger charge is 2.29. The molecule has 0 aliphatic carbocycles. The first-order chi connectivity index (χ1) is 11.4. The van der Waals surface area contributed by atoms with Gasteiger partial charge in [0, 0.05) is 12.8 Å². The van der Waals surface area contributed by atoms with E-state index in [2.05, 4.69) is 10.6 Å². The van der Waals surface area contributed by atoms with E-state index in [0.29, 0.717) is 11.3 Å². The number of methoxy groups -OCH3 is 1. The van der Waals surface area contributed by atoms with Crippen LogP contribution in [0.2, 0.25) is 0 Å². The molecule has 2 aromatic rings. The van der Waals surface area contributed by atoms with E-state index in [-0.39, 0.29) is 19.2 Å². The van der Waals surface area contributed by atoms with Crippen LogP contribution in [0.1, 0.15) is 16.7 Å². The minimum absolute atomic E-state index is 0.0432. The van der Waals surface area contributed by atoms with Crippen molar-refractivity contribution >= 4 is 11.7 Å². The normalized spacial score (nSPS) is 13.2. The summed E-state index contributed by atoms with van der Waals surface area (Å²) in [7, 11) is 1.52. The smallest absolute Gasteiger partial charge is 0.319 e. The summed E-state index contributed by atoms with van der Waals surface area (Å²) < 4.78 is 5.12. The summed E-state index contributed by atoms with van der Waals surface area (Å²) in [5.41, 5.74) is 2.40. The maximum atomic E-state index is 12.1. The number of urea groups is 1. The molecule has 0 saturated carbocycles. The first-order valence-electron chi connectivity index (χ1n) is 7.83. The number of ether oxygens (including phenoxy) is 1. The Labute approximate surface area is 142 Å². The lowest BCUT2D eigenvalue weighted by molar-refractivity contribution is -0.0324. The largest absolute Gasteiger partial charge is 0.381 e. The van der Waals surface area contributed by atoms with E-state index in [1.54, 1.807) is 0 Å². The number of anilines is 1. The summed E-state index contributed by atoms with van der Waals surface area (Å²) in [6.07, 6.45) is 0. The van der Waals surface area contributed by atoms with Crippen LogP contribution in [0.5, 0.6) is 0 Å². The molecule has 0 fully saturated rings. The Bertz CT molecular complexity index is 688. The molecule has 2 amide bonds. The molecule has 0 aliphatic rings. The fourth-order valence-electron chi connectivity index (χ4n) is 2.44. The number of aryl methyl sites for hydroxylation is 2. The molecule has 0 aliphatic heterocycles. The number of carbonyl (C=O) groups is 1. The van der Waals surface area contributed by atoms with Crippen molar-refractivity contribution in [1.82, 2.24) is 5.32 Å². The van der Waals surface area contributed by atoms with E-state index in [4.69, 9.17) is 4.74 Å². The Hall–Kier alpha value is -2.37. The van der Waals surface area contributed by atoms with E-state index < -0.39 is 5.60 Å². The number of aliphatic hydroxyl groups is 1. The zero-order valence-corrected chi connectivity index (χ0v) is 14.3. The van der Waals surface area contributed by atoms with Crippen LogP contribution in [-0.4, -0.2) is 31.4 Å². The van der Waals surface area contributed by atoms with Gasteiger partial charge < -0.3 is 20.5 Å². The molecule has 0 bridgehead atoms. The topological polar surface area (TPSA) is 70.6 Å². The summed E-state index contributed by atoms with van der Waals surface area (Å²) in [5, 5.41) is 16.3. The van der Waals surface area contributed by atoms with Gasteiger partial charge in [-0.05, 0) is 42.7 Å². The maximum absolute atomic E-state index is 12.1. The molecule has 0 saturated heterocycles. The highest BCUT2D eigenvalue weighted by molar-refractivity contribution is 5.89. The van der Waals surface area contributed by atoms with Gasteiger partial charge in [0.25, 0.3) is 0 Å². The van der Waals surface area contributed by atoms with Gasteiger partial charge in [0.2, 0.25) is 0 Å². The molecule has 0 radical (unpaired) electrons. The predicted octanol–water partition coefficient (Wildman–Crippen LogP) is 2.96. The van der Waals surface area contributed by atoms with Crippen molar-refractivity contribution < 1.29 is 14.6 Å². The average Bonchev–Trinajstić information content (AvgIpc) is 2.57. The Balaban J connectivity index is 2.01. The number of nitrogens with one attached hydrogen (secondary N) is 2. The minimum Gasteiger partial charge on any atom is -0.381 e. The van der Waals surface area contributed by atoms with Crippen LogP contribution in [-0.2, 0) is 10.3 Å². The molecule has 2 aromatic carbocycles. The molecule has 5 heteroatoms. The second-order valence-corrected chi connectivity index (χ2v) is 5.94. The van der Waals surface area contributed by atoms with Gasteiger partial charge in [-0.2, -0.15) is 0 Å². The lowest BCUT2D eigenvalue weighted by Gasteiger charge is -2.28. The van der Waals surface area contributed by atoms with Crippen LogP contribution in [0.4, 0.5) is 10.5 Å². The van der Waals surface area contributed by atoms with Crippen LogP contribution < -0.4 is 10.6 Å². The molecule has 0 aromatic heterocycles. The molecular formula is C19H24N2O3. The first kappa shape index (κ1) is 18.0. The second kappa shape index (κ2) is 7.95. The van der Waals surface area contributed by atoms with E-state index in [1.165, 1.54) is 12.7 Å². The fourth-order valence-corrected chi connectivity index (χ4v) is 2.44. The molecule has 2 rings (SSSR count). The van der Waals surface area contributed by atoms with Crippen LogP contribution >= 0.6 is 0 Å². The lowest BCUT2D eigenvalue weighted by atomic mass is 9.94. The molecule has 0 heterocycles. The molecule has 128 valence electrons. The van der Waals surface area contributed by atoms with Crippen molar-refractivity contribution in [2.75, 3.05) is 25.6 Å². The second-order valence-electron chi connectivity index (χ2n) is 5.94. The summed E-state index contributed by atoms with van der Waals surface area (Å²) in [5.74, 6) is 0. The van der Waals surface area contributed by atoms with Crippen molar-refractivity contribution in [3.8, 4) is 0 Å². The standard InChI is InChI=1S/C19H24N2O3/c1-14-9-10-17(11-15(14)2)21-18(22)20-12-19(23,13-24-3)16-7-5-4-6-8-16/h4-11,23H,12-13H2,1-3H3,(H2,20,21,22)/t19-/m1/s1. The first-order valence-corrected chi connectivity index (χ1v) is 7.83. The van der Waals surface area contributed by atoms with E-state index >= 15 is 0 Å². The summed E-state index contributed by atoms with van der Waals surface area (Å²) in [4.78, 5) is 12.1. The third-order valence-electron chi connectivity index (χ3n) is 4.00. The van der Waals surface area contributed by atoms with Crippen molar-refractivity contribution in [3.05, 3.63) is 65.2 Å². The Morgan fingerprint density at radius 1 is 1.12 bits per heavy atom. The molecule has 0 spiro atoms. The number of hydrogen-bond donors (Lipinski definition) is 3. The molecule has 24 heavy (non-hydrogen) atoms. The van der Waals surface area contributed by atoms with E-state index in [0.717, 1.165) is 5.56 Å². The summed E-state index contributed by atoms with van der Waals surface area (Å²) >= 11 is 0. The van der Waals surface area contributed by atoms with Crippen LogP contribution in [0.25, 0.3) is 0 Å². The Morgan fingerprint density at radius 3 is 2.46 bits per heavy atom. The quantitative estimate of drug-likeness (QED) is 0.763. The van der Waals surface area contributed by atoms with Crippen LogP contribution in [0.15, 0.2) is 48.5 Å². The monoisotopic (exact) mass is 328 g/mol. The number of rotatable bonds is 6. The predicted molar refractivity (Wildman–Crippen MR) is 95.2 cm³/mol. The van der Waals surface area contributed by atoms with E-state index in [1.807, 2.05) is 62.4 Å². The highest BCUT2D eigenvalue weighted by Crippen LogP contribution is 2.20. The Morgan fingerprint density at radius 2 is 1.83 bits per heavy atom. The summed E-state index contributed by atoms with van der Waals surface area (Å²) in [6.45, 7) is 4.14. The number of carbonyl (C=O) groups excluding carboxylic acids is 1. The van der Waals surface area contributed by atoms with Gasteiger partial charge in [0.15, 0.2) is 0 Å². The third-order valence-corrected chi connectivity index (χ3v) is 4.00. The average molecular weight is 328 g/mol. The zero-order chi connectivity index (χ0) is 17.6. The fraction of sp³-hybridized carbons (Fsp3) is 0.316. The molecule has 1 atom stereocenters. The van der Waals surface area contributed by atoms with Crippen LogP contribution in [0, 0.1) is 13.8 Å². The molecule has 5 nitrogen and oxygen atoms in total. The van der Waals surface area contributed by atoms with Crippen molar-refractivity contribution in [3.63, 3.8) is 0 Å². The van der Waals surface area contributed by atoms with Crippen LogP contribution in [0.3, 0.4) is 0 Å². The van der Waals surface area contributed by atoms with Gasteiger partial charge in [-0.25, -0.2) is 4.79 Å². The minimum atomic E-state index is -1.28. The number of hydrogen-bond acceptors (Lipinski definition) is 3. The Kier molecular flexibility index (Phi) is 5.95. The number of amides is 2. The van der Waals surface area contributed by atoms with E-state index in [9.17, 15) is 9.90 Å². The molecule has 0 unspecified atom stereocenters. The highest BCUT2D eigenvalue weighted by atomic mass is 16.5. The van der Waals surface area contributed by atoms with Gasteiger partial charge in [-0.3, -0.25) is 0 Å². The van der Waals surface area contributed by atoms with Gasteiger partial charge in [-0.1, -0.05) is 36.4 Å². The maximum Gasteiger partial charge on any atom is 0.319 e. The number of benzene rings is 2. The van der Waals surface area contributed by atoms with Gasteiger partial charge in [0.05, 0.1) is 13.2 Å².